The van der Waals surface area contributed by atoms with E-state index in [1.165, 1.54) is 6.20 Å². The molecule has 8 nitrogen and oxygen atoms in total. The van der Waals surface area contributed by atoms with Gasteiger partial charge in [-0.05, 0) is 12.5 Å². The Hall–Kier alpha value is -2.16. The van der Waals surface area contributed by atoms with Crippen LogP contribution in [0.2, 0.25) is 0 Å². The van der Waals surface area contributed by atoms with Crippen LogP contribution in [0.4, 0.5) is 5.82 Å². The van der Waals surface area contributed by atoms with Gasteiger partial charge in [-0.1, -0.05) is 0 Å². The molecule has 1 aliphatic rings. The van der Waals surface area contributed by atoms with Gasteiger partial charge in [0, 0.05) is 18.4 Å². The molecule has 0 bridgehead atoms. The highest BCUT2D eigenvalue weighted by Crippen LogP contribution is 2.25. The molecule has 2 aromatic heterocycles. The van der Waals surface area contributed by atoms with Crippen molar-refractivity contribution in [3.05, 3.63) is 24.7 Å². The van der Waals surface area contributed by atoms with Crippen LogP contribution in [0, 0.1) is 0 Å². The van der Waals surface area contributed by atoms with Gasteiger partial charge in [-0.3, -0.25) is 4.79 Å². The minimum absolute atomic E-state index is 0.0445. The molecule has 0 aromatic carbocycles. The van der Waals surface area contributed by atoms with E-state index < -0.39 is 15.8 Å². The number of nitrogens with zero attached hydrogens (tertiary/aromatic N) is 4. The molecule has 1 atom stereocenters. The first kappa shape index (κ1) is 13.8. The van der Waals surface area contributed by atoms with Gasteiger partial charge in [0.05, 0.1) is 17.7 Å². The number of sulfone groups is 1. The first-order valence-electron chi connectivity index (χ1n) is 6.43. The minimum Gasteiger partial charge on any atom is -0.480 e. The molecule has 3 rings (SSSR count). The fourth-order valence-electron chi connectivity index (χ4n) is 2.61. The van der Waals surface area contributed by atoms with E-state index in [4.69, 9.17) is 5.11 Å². The van der Waals surface area contributed by atoms with Crippen LogP contribution in [0.5, 0.6) is 0 Å². The van der Waals surface area contributed by atoms with Crippen molar-refractivity contribution in [2.24, 2.45) is 0 Å². The molecular weight excluding hydrogens is 296 g/mol. The zero-order valence-electron chi connectivity index (χ0n) is 11.1. The first-order chi connectivity index (χ1) is 9.96. The molecule has 1 unspecified atom stereocenters. The smallest absolute Gasteiger partial charge is 0.323 e. The summed E-state index contributed by atoms with van der Waals surface area (Å²) in [6, 6.07) is 1.35. The SMILES string of the molecule is O=C(O)CN(c1nccn2nccc12)C1CCS(=O)(=O)C1. The summed E-state index contributed by atoms with van der Waals surface area (Å²) in [5, 5.41) is 13.2. The lowest BCUT2D eigenvalue weighted by molar-refractivity contribution is -0.135. The van der Waals surface area contributed by atoms with Gasteiger partial charge in [0.15, 0.2) is 15.7 Å². The van der Waals surface area contributed by atoms with Gasteiger partial charge in [-0.25, -0.2) is 17.9 Å². The van der Waals surface area contributed by atoms with Gasteiger partial charge >= 0.3 is 5.97 Å². The number of hydrogen-bond acceptors (Lipinski definition) is 6. The monoisotopic (exact) mass is 310 g/mol. The predicted molar refractivity (Wildman–Crippen MR) is 75.0 cm³/mol. The largest absolute Gasteiger partial charge is 0.480 e. The average molecular weight is 310 g/mol. The molecule has 3 heterocycles. The van der Waals surface area contributed by atoms with Crippen molar-refractivity contribution in [3.63, 3.8) is 0 Å². The molecule has 0 saturated carbocycles. The Morgan fingerprint density at radius 2 is 2.29 bits per heavy atom. The van der Waals surface area contributed by atoms with Crippen molar-refractivity contribution in [2.75, 3.05) is 23.0 Å². The van der Waals surface area contributed by atoms with E-state index in [9.17, 15) is 13.2 Å². The van der Waals surface area contributed by atoms with Crippen molar-refractivity contribution in [3.8, 4) is 0 Å². The van der Waals surface area contributed by atoms with Crippen LogP contribution in [0.15, 0.2) is 24.7 Å². The second-order valence-electron chi connectivity index (χ2n) is 4.99. The number of aliphatic carboxylic acids is 1. The number of rotatable bonds is 4. The number of carboxylic acids is 1. The fourth-order valence-corrected chi connectivity index (χ4v) is 4.34. The van der Waals surface area contributed by atoms with E-state index in [0.717, 1.165) is 0 Å². The molecular formula is C12H14N4O4S. The van der Waals surface area contributed by atoms with Crippen LogP contribution < -0.4 is 4.90 Å². The maximum atomic E-state index is 11.7. The molecule has 0 amide bonds. The lowest BCUT2D eigenvalue weighted by atomic mass is 10.2. The Balaban J connectivity index is 2.03. The molecule has 1 saturated heterocycles. The number of aromatic nitrogens is 3. The Labute approximate surface area is 120 Å². The summed E-state index contributed by atoms with van der Waals surface area (Å²) in [5.41, 5.74) is 0.656. The van der Waals surface area contributed by atoms with Gasteiger partial charge in [0.25, 0.3) is 0 Å². The quantitative estimate of drug-likeness (QED) is 0.834. The Morgan fingerprint density at radius 3 is 2.95 bits per heavy atom. The lowest BCUT2D eigenvalue weighted by Gasteiger charge is -2.27. The third kappa shape index (κ3) is 2.68. The normalized spacial score (nSPS) is 20.7. The summed E-state index contributed by atoms with van der Waals surface area (Å²) in [6.07, 6.45) is 5.17. The van der Waals surface area contributed by atoms with Crippen LogP contribution in [-0.4, -0.2) is 58.2 Å². The first-order valence-corrected chi connectivity index (χ1v) is 8.26. The standard InChI is InChI=1S/C12H14N4O4S/c17-11(18)7-15(9-2-6-21(19,20)8-9)12-10-1-3-14-16(10)5-4-13-12/h1,3-5,9H,2,6-8H2,(H,17,18). The Morgan fingerprint density at radius 1 is 1.48 bits per heavy atom. The summed E-state index contributed by atoms with van der Waals surface area (Å²) >= 11 is 0. The zero-order chi connectivity index (χ0) is 15.0. The highest BCUT2D eigenvalue weighted by Gasteiger charge is 2.34. The summed E-state index contributed by atoms with van der Waals surface area (Å²) in [5.74, 6) is -0.546. The van der Waals surface area contributed by atoms with Gasteiger partial charge in [0.2, 0.25) is 0 Å². The number of hydrogen-bond donors (Lipinski definition) is 1. The van der Waals surface area contributed by atoms with Gasteiger partial charge in [0.1, 0.15) is 12.1 Å². The van der Waals surface area contributed by atoms with E-state index in [-0.39, 0.29) is 24.1 Å². The van der Waals surface area contributed by atoms with E-state index in [0.29, 0.717) is 17.8 Å². The molecule has 0 aliphatic carbocycles. The molecule has 1 fully saturated rings. The molecule has 2 aromatic rings. The number of fused-ring (bicyclic) bond motifs is 1. The maximum absolute atomic E-state index is 11.7. The topological polar surface area (TPSA) is 105 Å². The van der Waals surface area contributed by atoms with Crippen LogP contribution >= 0.6 is 0 Å². The van der Waals surface area contributed by atoms with Crippen molar-refractivity contribution >= 4 is 27.1 Å². The second-order valence-corrected chi connectivity index (χ2v) is 7.22. The van der Waals surface area contributed by atoms with E-state index in [2.05, 4.69) is 10.1 Å². The Kier molecular flexibility index (Phi) is 3.28. The van der Waals surface area contributed by atoms with E-state index >= 15 is 0 Å². The average Bonchev–Trinajstić information content (AvgIpc) is 3.01. The van der Waals surface area contributed by atoms with Crippen LogP contribution in [0.1, 0.15) is 6.42 Å². The van der Waals surface area contributed by atoms with Crippen molar-refractivity contribution in [2.45, 2.75) is 12.5 Å². The molecule has 21 heavy (non-hydrogen) atoms. The second kappa shape index (κ2) is 4.99. The fraction of sp³-hybridized carbons (Fsp3) is 0.417. The zero-order valence-corrected chi connectivity index (χ0v) is 11.9. The van der Waals surface area contributed by atoms with Gasteiger partial charge in [-0.2, -0.15) is 5.10 Å². The van der Waals surface area contributed by atoms with E-state index in [1.54, 1.807) is 27.9 Å². The summed E-state index contributed by atoms with van der Waals surface area (Å²) in [4.78, 5) is 16.9. The minimum atomic E-state index is -3.11. The highest BCUT2D eigenvalue weighted by molar-refractivity contribution is 7.91. The lowest BCUT2D eigenvalue weighted by Crippen LogP contribution is -2.40. The molecule has 1 N–H and O–H groups in total. The molecule has 0 radical (unpaired) electrons. The summed E-state index contributed by atoms with van der Waals surface area (Å²) in [7, 11) is -3.11. The maximum Gasteiger partial charge on any atom is 0.323 e. The van der Waals surface area contributed by atoms with Crippen molar-refractivity contribution in [1.82, 2.24) is 14.6 Å². The highest BCUT2D eigenvalue weighted by atomic mass is 32.2. The molecule has 112 valence electrons. The van der Waals surface area contributed by atoms with E-state index in [1.807, 2.05) is 0 Å². The van der Waals surface area contributed by atoms with Crippen molar-refractivity contribution in [1.29, 1.82) is 0 Å². The summed E-state index contributed by atoms with van der Waals surface area (Å²) < 4.78 is 24.9. The molecule has 0 spiro atoms. The predicted octanol–water partition coefficient (Wildman–Crippen LogP) is -0.193. The van der Waals surface area contributed by atoms with Crippen molar-refractivity contribution < 1.29 is 18.3 Å². The molecule has 9 heteroatoms. The molecule has 1 aliphatic heterocycles. The van der Waals surface area contributed by atoms with Crippen LogP contribution in [0.3, 0.4) is 0 Å². The Bertz CT molecular complexity index is 785. The number of carboxylic acid groups (broad SMARTS) is 1. The summed E-state index contributed by atoms with van der Waals surface area (Å²) in [6.45, 7) is -0.294. The third-order valence-electron chi connectivity index (χ3n) is 3.53. The van der Waals surface area contributed by atoms with Crippen LogP contribution in [0.25, 0.3) is 5.52 Å². The number of carbonyl (C=O) groups is 1. The van der Waals surface area contributed by atoms with Gasteiger partial charge < -0.3 is 10.0 Å². The third-order valence-corrected chi connectivity index (χ3v) is 5.28. The number of anilines is 1. The van der Waals surface area contributed by atoms with Crippen LogP contribution in [-0.2, 0) is 14.6 Å². The van der Waals surface area contributed by atoms with Gasteiger partial charge in [-0.15, -0.1) is 0 Å².